The molecule has 0 saturated heterocycles. The normalized spacial score (nSPS) is 36.7. The Kier molecular flexibility index (Phi) is 7.81. The summed E-state index contributed by atoms with van der Waals surface area (Å²) < 4.78 is 33.1. The van der Waals surface area contributed by atoms with Gasteiger partial charge in [0.15, 0.2) is 11.6 Å². The van der Waals surface area contributed by atoms with E-state index in [0.717, 1.165) is 83.5 Å². The second kappa shape index (κ2) is 10.3. The number of methoxy groups -OCH3 is 2. The van der Waals surface area contributed by atoms with Crippen molar-refractivity contribution in [2.75, 3.05) is 14.2 Å². The average molecular weight is 535 g/mol. The Morgan fingerprint density at radius 2 is 1.37 bits per heavy atom. The lowest BCUT2D eigenvalue weighted by Crippen LogP contribution is -2.55. The molecule has 0 spiro atoms. The van der Waals surface area contributed by atoms with Crippen LogP contribution in [-0.4, -0.2) is 43.2 Å². The van der Waals surface area contributed by atoms with E-state index >= 15 is 0 Å². The largest absolute Gasteiger partial charge is 0.432 e. The van der Waals surface area contributed by atoms with Crippen molar-refractivity contribution in [1.29, 1.82) is 0 Å². The molecule has 5 fully saturated rings. The van der Waals surface area contributed by atoms with Crippen molar-refractivity contribution in [2.45, 2.75) is 160 Å². The molecule has 0 radical (unpaired) electrons. The first kappa shape index (κ1) is 28.8. The number of fused-ring (bicyclic) bond motifs is 1. The molecular formula is C32H54O6. The maximum atomic E-state index is 14.3. The summed E-state index contributed by atoms with van der Waals surface area (Å²) in [6.45, 7) is 8.81. The summed E-state index contributed by atoms with van der Waals surface area (Å²) in [4.78, 5) is 14.3. The molecule has 0 bridgehead atoms. The molecule has 0 aliphatic heterocycles. The zero-order valence-corrected chi connectivity index (χ0v) is 25.1. The second-order valence-electron chi connectivity index (χ2n) is 14.5. The third-order valence-electron chi connectivity index (χ3n) is 11.4. The van der Waals surface area contributed by atoms with E-state index in [1.807, 2.05) is 0 Å². The van der Waals surface area contributed by atoms with Crippen LogP contribution < -0.4 is 0 Å². The molecule has 0 amide bonds. The molecule has 6 nitrogen and oxygen atoms in total. The Morgan fingerprint density at radius 1 is 0.816 bits per heavy atom. The average Bonchev–Trinajstić information content (AvgIpc) is 3.62. The molecular weight excluding hydrogens is 480 g/mol. The summed E-state index contributed by atoms with van der Waals surface area (Å²) in [7, 11) is 3.55. The van der Waals surface area contributed by atoms with Gasteiger partial charge in [-0.1, -0.05) is 33.6 Å². The van der Waals surface area contributed by atoms with Gasteiger partial charge in [0.25, 0.3) is 0 Å². The van der Waals surface area contributed by atoms with Crippen molar-refractivity contribution in [1.82, 2.24) is 0 Å². The van der Waals surface area contributed by atoms with Gasteiger partial charge in [0.1, 0.15) is 0 Å². The van der Waals surface area contributed by atoms with Crippen LogP contribution in [0, 0.1) is 22.7 Å². The summed E-state index contributed by atoms with van der Waals surface area (Å²) in [5, 5.41) is 0. The number of esters is 1. The lowest BCUT2D eigenvalue weighted by Gasteiger charge is -2.51. The number of hydrogen-bond donors (Lipinski definition) is 0. The van der Waals surface area contributed by atoms with Gasteiger partial charge in [-0.05, 0) is 82.0 Å². The first-order chi connectivity index (χ1) is 18.0. The van der Waals surface area contributed by atoms with Crippen LogP contribution in [0.25, 0.3) is 0 Å². The molecule has 5 rings (SSSR count). The van der Waals surface area contributed by atoms with Gasteiger partial charge in [-0.2, -0.15) is 0 Å². The highest BCUT2D eigenvalue weighted by Crippen LogP contribution is 2.64. The first-order valence-electron chi connectivity index (χ1n) is 15.7. The van der Waals surface area contributed by atoms with Crippen LogP contribution in [0.4, 0.5) is 0 Å². The van der Waals surface area contributed by atoms with Crippen molar-refractivity contribution in [3.8, 4) is 0 Å². The summed E-state index contributed by atoms with van der Waals surface area (Å²) >= 11 is 0. The van der Waals surface area contributed by atoms with Crippen LogP contribution in [-0.2, 0) is 28.5 Å². The van der Waals surface area contributed by atoms with Crippen molar-refractivity contribution in [3.05, 3.63) is 0 Å². The maximum absolute atomic E-state index is 14.3. The maximum Gasteiger partial charge on any atom is 0.314 e. The van der Waals surface area contributed by atoms with E-state index in [-0.39, 0.29) is 17.0 Å². The fourth-order valence-electron chi connectivity index (χ4n) is 8.44. The van der Waals surface area contributed by atoms with E-state index in [1.165, 1.54) is 12.8 Å². The van der Waals surface area contributed by atoms with Gasteiger partial charge < -0.3 is 23.7 Å². The van der Waals surface area contributed by atoms with E-state index in [4.69, 9.17) is 23.7 Å². The Balaban J connectivity index is 1.45. The van der Waals surface area contributed by atoms with Crippen LogP contribution in [0.2, 0.25) is 0 Å². The lowest BCUT2D eigenvalue weighted by atomic mass is 9.70. The summed E-state index contributed by atoms with van der Waals surface area (Å²) in [5.41, 5.74) is -0.903. The molecule has 0 N–H and O–H groups in total. The minimum absolute atomic E-state index is 0.00664. The number of rotatable bonds is 11. The molecule has 5 aliphatic rings. The predicted molar refractivity (Wildman–Crippen MR) is 146 cm³/mol. The zero-order chi connectivity index (χ0) is 27.3. The van der Waals surface area contributed by atoms with Gasteiger partial charge in [0, 0.05) is 52.7 Å². The summed E-state index contributed by atoms with van der Waals surface area (Å²) in [6, 6.07) is 0. The third kappa shape index (κ3) is 5.10. The highest BCUT2D eigenvalue weighted by atomic mass is 16.8. The molecule has 38 heavy (non-hydrogen) atoms. The predicted octanol–water partition coefficient (Wildman–Crippen LogP) is 7.67. The van der Waals surface area contributed by atoms with Gasteiger partial charge in [-0.25, -0.2) is 0 Å². The Hall–Kier alpha value is -0.690. The van der Waals surface area contributed by atoms with Crippen molar-refractivity contribution in [3.63, 3.8) is 0 Å². The van der Waals surface area contributed by atoms with E-state index in [0.29, 0.717) is 24.7 Å². The van der Waals surface area contributed by atoms with Crippen LogP contribution in [0.5, 0.6) is 0 Å². The van der Waals surface area contributed by atoms with Crippen LogP contribution in [0.15, 0.2) is 0 Å². The minimum atomic E-state index is -1.03. The molecule has 5 aliphatic carbocycles. The summed E-state index contributed by atoms with van der Waals surface area (Å²) in [6.07, 6.45) is 16.6. The van der Waals surface area contributed by atoms with Crippen LogP contribution >= 0.6 is 0 Å². The van der Waals surface area contributed by atoms with Gasteiger partial charge in [0.05, 0.1) is 11.0 Å². The number of carbonyl (C=O) groups is 1. The van der Waals surface area contributed by atoms with Gasteiger partial charge in [-0.3, -0.25) is 4.79 Å². The second-order valence-corrected chi connectivity index (χ2v) is 14.5. The van der Waals surface area contributed by atoms with E-state index in [1.54, 1.807) is 14.2 Å². The molecule has 218 valence electrons. The summed E-state index contributed by atoms with van der Waals surface area (Å²) in [5.74, 6) is -1.65. The fraction of sp³-hybridized carbons (Fsp3) is 0.969. The van der Waals surface area contributed by atoms with Crippen LogP contribution in [0.3, 0.4) is 0 Å². The van der Waals surface area contributed by atoms with Crippen molar-refractivity contribution in [2.24, 2.45) is 22.7 Å². The highest BCUT2D eigenvalue weighted by molar-refractivity contribution is 5.78. The Morgan fingerprint density at radius 3 is 1.82 bits per heavy atom. The first-order valence-corrected chi connectivity index (χ1v) is 15.7. The molecule has 5 saturated carbocycles. The van der Waals surface area contributed by atoms with Crippen molar-refractivity contribution < 1.29 is 28.5 Å². The minimum Gasteiger partial charge on any atom is -0.432 e. The van der Waals surface area contributed by atoms with E-state index < -0.39 is 22.8 Å². The smallest absolute Gasteiger partial charge is 0.314 e. The molecule has 6 heteroatoms. The molecule has 0 aromatic heterocycles. The Bertz CT molecular complexity index is 854. The van der Waals surface area contributed by atoms with E-state index in [2.05, 4.69) is 27.7 Å². The van der Waals surface area contributed by atoms with Gasteiger partial charge >= 0.3 is 5.97 Å². The number of carbonyl (C=O) groups excluding carboxylic acids is 1. The molecule has 0 heterocycles. The highest BCUT2D eigenvalue weighted by Gasteiger charge is 2.68. The topological polar surface area (TPSA) is 63.2 Å². The molecule has 4 atom stereocenters. The quantitative estimate of drug-likeness (QED) is 0.200. The molecule has 0 aromatic rings. The fourth-order valence-corrected chi connectivity index (χ4v) is 8.44. The van der Waals surface area contributed by atoms with Gasteiger partial charge in [0.2, 0.25) is 5.79 Å². The monoisotopic (exact) mass is 534 g/mol. The molecule has 4 unspecified atom stereocenters. The lowest BCUT2D eigenvalue weighted by molar-refractivity contribution is -0.360. The zero-order valence-electron chi connectivity index (χ0n) is 25.1. The molecule has 0 aromatic carbocycles. The number of ether oxygens (including phenoxy) is 5. The SMILES string of the molecule is COC1(OC2(OC(=O)C(C)(CC(C)C)C3(C)CC3)CC3CCC3(OC3(OC)CCCCC3)C2)CCCCC1. The van der Waals surface area contributed by atoms with Crippen molar-refractivity contribution >= 4 is 5.97 Å². The Labute approximate surface area is 231 Å². The third-order valence-corrected chi connectivity index (χ3v) is 11.4. The number of hydrogen-bond acceptors (Lipinski definition) is 6. The van der Waals surface area contributed by atoms with E-state index in [9.17, 15) is 4.79 Å². The standard InChI is InChI=1S/C32H54O6/c1-24(2)21-28(4,27(3)19-20-27)26(33)36-32(38-31(35-6)16-11-8-12-17-31)22-25-13-18-29(25,23-32)37-30(34-5)14-9-7-10-15-30/h24-25H,7-23H2,1-6H3. The van der Waals surface area contributed by atoms with Gasteiger partial charge in [-0.15, -0.1) is 0 Å². The van der Waals surface area contributed by atoms with Crippen LogP contribution in [0.1, 0.15) is 137 Å².